The number of nitrogens with zero attached hydrogens (tertiary/aromatic N) is 4. The van der Waals surface area contributed by atoms with Crippen LogP contribution in [0.3, 0.4) is 0 Å². The molecule has 130 valence electrons. The molecule has 0 bridgehead atoms. The number of aromatic amines is 1. The van der Waals surface area contributed by atoms with Crippen LogP contribution in [0.5, 0.6) is 5.75 Å². The molecule has 3 aromatic rings. The maximum atomic E-state index is 8.76. The largest absolute Gasteiger partial charge is 0.490 e. The monoisotopic (exact) mass is 347 g/mol. The van der Waals surface area contributed by atoms with Crippen LogP contribution in [0.15, 0.2) is 42.7 Å². The van der Waals surface area contributed by atoms with Gasteiger partial charge in [-0.15, -0.1) is 0 Å². The van der Waals surface area contributed by atoms with Gasteiger partial charge in [0.15, 0.2) is 11.5 Å². The smallest absolute Gasteiger partial charge is 0.158 e. The van der Waals surface area contributed by atoms with Crippen LogP contribution in [0, 0.1) is 11.3 Å². The lowest BCUT2D eigenvalue weighted by Gasteiger charge is -2.33. The van der Waals surface area contributed by atoms with Gasteiger partial charge < -0.3 is 15.8 Å². The lowest BCUT2D eigenvalue weighted by Crippen LogP contribution is -2.43. The van der Waals surface area contributed by atoms with Crippen molar-refractivity contribution in [1.82, 2.24) is 20.2 Å². The van der Waals surface area contributed by atoms with Gasteiger partial charge in [0.1, 0.15) is 23.7 Å². The van der Waals surface area contributed by atoms with E-state index in [2.05, 4.69) is 25.5 Å². The van der Waals surface area contributed by atoms with Crippen molar-refractivity contribution >= 4 is 11.6 Å². The summed E-state index contributed by atoms with van der Waals surface area (Å²) in [6.07, 6.45) is 4.82. The van der Waals surface area contributed by atoms with Gasteiger partial charge in [-0.2, -0.15) is 10.4 Å². The van der Waals surface area contributed by atoms with Crippen LogP contribution in [0.2, 0.25) is 0 Å². The van der Waals surface area contributed by atoms with Gasteiger partial charge >= 0.3 is 0 Å². The van der Waals surface area contributed by atoms with E-state index in [1.54, 1.807) is 0 Å². The van der Waals surface area contributed by atoms with E-state index < -0.39 is 0 Å². The highest BCUT2D eigenvalue weighted by molar-refractivity contribution is 5.70. The van der Waals surface area contributed by atoms with Crippen LogP contribution < -0.4 is 15.8 Å². The Labute approximate surface area is 150 Å². The first-order chi connectivity index (χ1) is 12.7. The fraction of sp³-hybridized carbons (Fsp3) is 0.222. The minimum Gasteiger partial charge on any atom is -0.490 e. The molecule has 0 unspecified atom stereocenters. The number of anilines is 2. The van der Waals surface area contributed by atoms with E-state index in [4.69, 9.17) is 15.7 Å². The minimum atomic E-state index is 0.167. The molecule has 0 amide bonds. The molecular weight excluding hydrogens is 330 g/mol. The van der Waals surface area contributed by atoms with Crippen molar-refractivity contribution in [2.75, 3.05) is 5.32 Å². The zero-order chi connectivity index (χ0) is 17.9. The van der Waals surface area contributed by atoms with E-state index >= 15 is 0 Å². The first kappa shape index (κ1) is 16.1. The molecule has 1 fully saturated rings. The number of nitrogens with two attached hydrogens (primary N) is 1. The van der Waals surface area contributed by atoms with Crippen LogP contribution >= 0.6 is 0 Å². The molecule has 4 N–H and O–H groups in total. The van der Waals surface area contributed by atoms with E-state index in [0.29, 0.717) is 11.6 Å². The molecule has 0 aliphatic heterocycles. The predicted molar refractivity (Wildman–Crippen MR) is 95.7 cm³/mol. The molecule has 2 heterocycles. The molecule has 0 spiro atoms. The Morgan fingerprint density at radius 1 is 1.19 bits per heavy atom. The number of nitriles is 1. The lowest BCUT2D eigenvalue weighted by molar-refractivity contribution is 0.101. The third-order valence-corrected chi connectivity index (χ3v) is 4.20. The average Bonchev–Trinajstić information content (AvgIpc) is 3.10. The quantitative estimate of drug-likeness (QED) is 0.646. The number of nitrogens with one attached hydrogen (secondary N) is 2. The van der Waals surface area contributed by atoms with E-state index in [-0.39, 0.29) is 17.8 Å². The summed E-state index contributed by atoms with van der Waals surface area (Å²) in [6.45, 7) is 0. The minimum absolute atomic E-state index is 0.167. The van der Waals surface area contributed by atoms with Gasteiger partial charge in [0.2, 0.25) is 0 Å². The summed E-state index contributed by atoms with van der Waals surface area (Å²) in [5, 5.41) is 19.1. The highest BCUT2D eigenvalue weighted by Crippen LogP contribution is 2.33. The summed E-state index contributed by atoms with van der Waals surface area (Å²) < 4.78 is 6.06. The standard InChI is InChI=1S/C18H17N7O/c19-8-12-9-22-18(10-21-12)23-17-7-15(24-25-17)14-3-1-2-4-16(14)26-13-5-11(20)6-13/h1-4,7,9-11,13H,5-6,20H2,(H2,22,23,24,25)/t11-,13+. The molecule has 0 radical (unpaired) electrons. The zero-order valence-electron chi connectivity index (χ0n) is 13.9. The van der Waals surface area contributed by atoms with Crippen LogP contribution in [-0.4, -0.2) is 32.3 Å². The second-order valence-corrected chi connectivity index (χ2v) is 6.16. The Bertz CT molecular complexity index is 939. The molecule has 4 rings (SSSR count). The number of ether oxygens (including phenoxy) is 1. The van der Waals surface area contributed by atoms with Gasteiger partial charge in [-0.3, -0.25) is 5.10 Å². The second-order valence-electron chi connectivity index (χ2n) is 6.16. The summed E-state index contributed by atoms with van der Waals surface area (Å²) in [6, 6.07) is 11.9. The highest BCUT2D eigenvalue weighted by atomic mass is 16.5. The third-order valence-electron chi connectivity index (χ3n) is 4.20. The first-order valence-electron chi connectivity index (χ1n) is 8.27. The van der Waals surface area contributed by atoms with E-state index in [9.17, 15) is 0 Å². The zero-order valence-corrected chi connectivity index (χ0v) is 13.9. The molecular formula is C18H17N7O. The predicted octanol–water partition coefficient (Wildman–Crippen LogP) is 2.35. The number of H-pyrrole nitrogens is 1. The highest BCUT2D eigenvalue weighted by Gasteiger charge is 2.28. The van der Waals surface area contributed by atoms with E-state index in [1.165, 1.54) is 12.4 Å². The maximum absolute atomic E-state index is 8.76. The molecule has 1 aliphatic carbocycles. The third kappa shape index (κ3) is 3.34. The fourth-order valence-corrected chi connectivity index (χ4v) is 2.78. The summed E-state index contributed by atoms with van der Waals surface area (Å²) >= 11 is 0. The van der Waals surface area contributed by atoms with Gasteiger partial charge in [0.25, 0.3) is 0 Å². The van der Waals surface area contributed by atoms with E-state index in [0.717, 1.165) is 29.8 Å². The number of hydrogen-bond acceptors (Lipinski definition) is 7. The Kier molecular flexibility index (Phi) is 4.21. The summed E-state index contributed by atoms with van der Waals surface area (Å²) in [7, 11) is 0. The van der Waals surface area contributed by atoms with Crippen molar-refractivity contribution in [2.45, 2.75) is 25.0 Å². The van der Waals surface area contributed by atoms with Crippen LogP contribution in [0.25, 0.3) is 11.3 Å². The van der Waals surface area contributed by atoms with Crippen LogP contribution in [0.4, 0.5) is 11.6 Å². The summed E-state index contributed by atoms with van der Waals surface area (Å²) in [5.74, 6) is 1.91. The van der Waals surface area contributed by atoms with Crippen molar-refractivity contribution in [1.29, 1.82) is 5.26 Å². The van der Waals surface area contributed by atoms with E-state index in [1.807, 2.05) is 36.4 Å². The molecule has 0 saturated heterocycles. The second kappa shape index (κ2) is 6.82. The lowest BCUT2D eigenvalue weighted by atomic mass is 9.90. The van der Waals surface area contributed by atoms with Crippen molar-refractivity contribution in [3.05, 3.63) is 48.4 Å². The van der Waals surface area contributed by atoms with Crippen molar-refractivity contribution in [3.63, 3.8) is 0 Å². The van der Waals surface area contributed by atoms with Crippen molar-refractivity contribution in [3.8, 4) is 23.1 Å². The Morgan fingerprint density at radius 2 is 2.04 bits per heavy atom. The van der Waals surface area contributed by atoms with Gasteiger partial charge in [0.05, 0.1) is 18.1 Å². The molecule has 1 aliphatic rings. The molecule has 8 nitrogen and oxygen atoms in total. The summed E-state index contributed by atoms with van der Waals surface area (Å²) in [5.41, 5.74) is 7.85. The number of hydrogen-bond donors (Lipinski definition) is 3. The van der Waals surface area contributed by atoms with Gasteiger partial charge in [-0.25, -0.2) is 9.97 Å². The fourth-order valence-electron chi connectivity index (χ4n) is 2.78. The Balaban J connectivity index is 1.51. The van der Waals surface area contributed by atoms with Crippen LogP contribution in [0.1, 0.15) is 18.5 Å². The maximum Gasteiger partial charge on any atom is 0.158 e. The molecule has 0 atom stereocenters. The van der Waals surface area contributed by atoms with Crippen LogP contribution in [-0.2, 0) is 0 Å². The first-order valence-corrected chi connectivity index (χ1v) is 8.27. The topological polar surface area (TPSA) is 126 Å². The molecule has 2 aromatic heterocycles. The molecule has 1 aromatic carbocycles. The molecule has 8 heteroatoms. The molecule has 26 heavy (non-hydrogen) atoms. The van der Waals surface area contributed by atoms with Crippen molar-refractivity contribution in [2.24, 2.45) is 5.73 Å². The number of benzene rings is 1. The Morgan fingerprint density at radius 3 is 2.77 bits per heavy atom. The average molecular weight is 347 g/mol. The number of aromatic nitrogens is 4. The number of para-hydroxylation sites is 1. The molecule has 1 saturated carbocycles. The normalized spacial score (nSPS) is 18.6. The Hall–Kier alpha value is -3.44. The summed E-state index contributed by atoms with van der Waals surface area (Å²) in [4.78, 5) is 8.10. The van der Waals surface area contributed by atoms with Gasteiger partial charge in [-0.05, 0) is 25.0 Å². The SMILES string of the molecule is N#Cc1cnc(Nc2cc(-c3ccccc3O[C@H]3C[C@@H](N)C3)[nH]n2)cn1. The number of rotatable bonds is 5. The van der Waals surface area contributed by atoms with Gasteiger partial charge in [0, 0.05) is 17.7 Å². The van der Waals surface area contributed by atoms with Crippen molar-refractivity contribution < 1.29 is 4.74 Å². The van der Waals surface area contributed by atoms with Gasteiger partial charge in [-0.1, -0.05) is 12.1 Å².